The molecule has 0 unspecified atom stereocenters. The van der Waals surface area contributed by atoms with Crippen LogP contribution in [0.15, 0.2) is 36.5 Å². The quantitative estimate of drug-likeness (QED) is 0.945. The summed E-state index contributed by atoms with van der Waals surface area (Å²) in [5, 5.41) is 0.149. The van der Waals surface area contributed by atoms with Crippen LogP contribution in [0.2, 0.25) is 5.02 Å². The van der Waals surface area contributed by atoms with Crippen molar-refractivity contribution in [3.8, 4) is 5.69 Å². The van der Waals surface area contributed by atoms with Gasteiger partial charge in [0.1, 0.15) is 5.82 Å². The molecule has 0 atom stereocenters. The number of rotatable bonds is 3. The Bertz CT molecular complexity index is 618. The Kier molecular flexibility index (Phi) is 4.29. The van der Waals surface area contributed by atoms with Gasteiger partial charge in [0.25, 0.3) is 0 Å². The second-order valence-electron chi connectivity index (χ2n) is 5.58. The lowest BCUT2D eigenvalue weighted by Crippen LogP contribution is -2.39. The fourth-order valence-corrected chi connectivity index (χ4v) is 2.95. The highest BCUT2D eigenvalue weighted by Crippen LogP contribution is 2.22. The van der Waals surface area contributed by atoms with E-state index in [1.165, 1.54) is 11.8 Å². The molecule has 0 bridgehead atoms. The molecule has 5 heteroatoms. The maximum absolute atomic E-state index is 13.3. The van der Waals surface area contributed by atoms with E-state index in [-0.39, 0.29) is 10.8 Å². The standard InChI is InChI=1S/C16H19ClFN3/c17-15-10-13(3-4-16(15)18)21-7-1-2-14(21)11-20-8-5-12(19)6-9-20/h1-4,7,10,12H,5-6,8-9,11,19H2. The summed E-state index contributed by atoms with van der Waals surface area (Å²) in [7, 11) is 0. The molecule has 1 aliphatic heterocycles. The number of nitrogens with zero attached hydrogens (tertiary/aromatic N) is 2. The number of piperidine rings is 1. The minimum absolute atomic E-state index is 0.149. The van der Waals surface area contributed by atoms with Crippen LogP contribution in [-0.2, 0) is 6.54 Å². The lowest BCUT2D eigenvalue weighted by Gasteiger charge is -2.30. The van der Waals surface area contributed by atoms with E-state index in [2.05, 4.69) is 15.5 Å². The summed E-state index contributed by atoms with van der Waals surface area (Å²) in [6, 6.07) is 9.24. The second kappa shape index (κ2) is 6.18. The van der Waals surface area contributed by atoms with Crippen LogP contribution < -0.4 is 5.73 Å². The Morgan fingerprint density at radius 2 is 2.00 bits per heavy atom. The van der Waals surface area contributed by atoms with Crippen LogP contribution in [0, 0.1) is 5.82 Å². The normalized spacial score (nSPS) is 17.3. The molecule has 0 amide bonds. The zero-order valence-electron chi connectivity index (χ0n) is 11.8. The summed E-state index contributed by atoms with van der Waals surface area (Å²) in [5.74, 6) is -0.390. The van der Waals surface area contributed by atoms with Crippen molar-refractivity contribution in [2.45, 2.75) is 25.4 Å². The Balaban J connectivity index is 1.79. The van der Waals surface area contributed by atoms with Gasteiger partial charge in [0.15, 0.2) is 0 Å². The molecule has 0 aliphatic carbocycles. The van der Waals surface area contributed by atoms with Crippen LogP contribution >= 0.6 is 11.6 Å². The van der Waals surface area contributed by atoms with Gasteiger partial charge in [-0.2, -0.15) is 0 Å². The van der Waals surface area contributed by atoms with Gasteiger partial charge in [-0.1, -0.05) is 11.6 Å². The molecule has 3 rings (SSSR count). The predicted molar refractivity (Wildman–Crippen MR) is 83.2 cm³/mol. The average Bonchev–Trinajstić information content (AvgIpc) is 2.92. The molecule has 2 aromatic rings. The molecular weight excluding hydrogens is 289 g/mol. The van der Waals surface area contributed by atoms with Gasteiger partial charge in [-0.3, -0.25) is 4.90 Å². The molecule has 0 saturated carbocycles. The Morgan fingerprint density at radius 3 is 2.71 bits per heavy atom. The summed E-state index contributed by atoms with van der Waals surface area (Å²) in [6.45, 7) is 2.92. The molecule has 0 spiro atoms. The second-order valence-corrected chi connectivity index (χ2v) is 5.99. The minimum Gasteiger partial charge on any atom is -0.328 e. The van der Waals surface area contributed by atoms with Gasteiger partial charge in [-0.05, 0) is 43.2 Å². The van der Waals surface area contributed by atoms with Crippen molar-refractivity contribution in [2.24, 2.45) is 5.73 Å². The van der Waals surface area contributed by atoms with Crippen LogP contribution in [0.25, 0.3) is 5.69 Å². The number of halogens is 2. The van der Waals surface area contributed by atoms with Crippen LogP contribution in [0.5, 0.6) is 0 Å². The minimum atomic E-state index is -0.390. The molecule has 1 saturated heterocycles. The first-order chi connectivity index (χ1) is 10.1. The largest absolute Gasteiger partial charge is 0.328 e. The van der Waals surface area contributed by atoms with E-state index in [9.17, 15) is 4.39 Å². The van der Waals surface area contributed by atoms with Gasteiger partial charge in [-0.25, -0.2) is 4.39 Å². The fraction of sp³-hybridized carbons (Fsp3) is 0.375. The maximum atomic E-state index is 13.3. The smallest absolute Gasteiger partial charge is 0.141 e. The van der Waals surface area contributed by atoms with Crippen molar-refractivity contribution >= 4 is 11.6 Å². The van der Waals surface area contributed by atoms with E-state index in [4.69, 9.17) is 17.3 Å². The first-order valence-corrected chi connectivity index (χ1v) is 7.61. The topological polar surface area (TPSA) is 34.2 Å². The predicted octanol–water partition coefficient (Wildman–Crippen LogP) is 3.19. The third-order valence-electron chi connectivity index (χ3n) is 4.03. The lowest BCUT2D eigenvalue weighted by molar-refractivity contribution is 0.202. The van der Waals surface area contributed by atoms with Gasteiger partial charge >= 0.3 is 0 Å². The van der Waals surface area contributed by atoms with E-state index in [1.807, 2.05) is 12.3 Å². The summed E-state index contributed by atoms with van der Waals surface area (Å²) in [6.07, 6.45) is 4.07. The van der Waals surface area contributed by atoms with Crippen LogP contribution in [0.4, 0.5) is 4.39 Å². The van der Waals surface area contributed by atoms with E-state index >= 15 is 0 Å². The van der Waals surface area contributed by atoms with E-state index in [1.54, 1.807) is 12.1 Å². The van der Waals surface area contributed by atoms with Crippen molar-refractivity contribution < 1.29 is 4.39 Å². The van der Waals surface area contributed by atoms with Gasteiger partial charge in [-0.15, -0.1) is 0 Å². The summed E-state index contributed by atoms with van der Waals surface area (Å²) in [4.78, 5) is 2.40. The molecule has 0 radical (unpaired) electrons. The number of hydrogen-bond acceptors (Lipinski definition) is 2. The third kappa shape index (κ3) is 3.28. The maximum Gasteiger partial charge on any atom is 0.141 e. The summed E-state index contributed by atoms with van der Waals surface area (Å²) in [5.41, 5.74) is 8.00. The number of aromatic nitrogens is 1. The average molecular weight is 308 g/mol. The van der Waals surface area contributed by atoms with Crippen molar-refractivity contribution in [1.82, 2.24) is 9.47 Å². The Morgan fingerprint density at radius 1 is 1.24 bits per heavy atom. The zero-order chi connectivity index (χ0) is 14.8. The fourth-order valence-electron chi connectivity index (χ4n) is 2.77. The van der Waals surface area contributed by atoms with Crippen molar-refractivity contribution in [2.75, 3.05) is 13.1 Å². The number of likely N-dealkylation sites (tertiary alicyclic amines) is 1. The van der Waals surface area contributed by atoms with Crippen molar-refractivity contribution in [3.05, 3.63) is 53.1 Å². The van der Waals surface area contributed by atoms with Gasteiger partial charge in [0, 0.05) is 43.3 Å². The highest BCUT2D eigenvalue weighted by molar-refractivity contribution is 6.30. The summed E-state index contributed by atoms with van der Waals surface area (Å²) < 4.78 is 15.3. The van der Waals surface area contributed by atoms with E-state index < -0.39 is 0 Å². The molecule has 112 valence electrons. The SMILES string of the molecule is NC1CCN(Cc2cccn2-c2ccc(F)c(Cl)c2)CC1. The molecule has 1 fully saturated rings. The molecule has 3 nitrogen and oxygen atoms in total. The van der Waals surface area contributed by atoms with Gasteiger partial charge in [0.2, 0.25) is 0 Å². The number of nitrogens with two attached hydrogens (primary N) is 1. The third-order valence-corrected chi connectivity index (χ3v) is 4.32. The first-order valence-electron chi connectivity index (χ1n) is 7.23. The number of benzene rings is 1. The van der Waals surface area contributed by atoms with Crippen LogP contribution in [0.3, 0.4) is 0 Å². The molecule has 1 aromatic heterocycles. The molecule has 2 N–H and O–H groups in total. The Labute approximate surface area is 129 Å². The lowest BCUT2D eigenvalue weighted by atomic mass is 10.1. The van der Waals surface area contributed by atoms with E-state index in [0.717, 1.165) is 38.2 Å². The van der Waals surface area contributed by atoms with Crippen LogP contribution in [0.1, 0.15) is 18.5 Å². The molecule has 1 aromatic carbocycles. The molecular formula is C16H19ClFN3. The molecule has 1 aliphatic rings. The number of hydrogen-bond donors (Lipinski definition) is 1. The van der Waals surface area contributed by atoms with Crippen molar-refractivity contribution in [1.29, 1.82) is 0 Å². The van der Waals surface area contributed by atoms with E-state index in [0.29, 0.717) is 6.04 Å². The van der Waals surface area contributed by atoms with Crippen LogP contribution in [-0.4, -0.2) is 28.6 Å². The highest BCUT2D eigenvalue weighted by Gasteiger charge is 2.17. The monoisotopic (exact) mass is 307 g/mol. The Hall–Kier alpha value is -1.36. The van der Waals surface area contributed by atoms with Gasteiger partial charge < -0.3 is 10.3 Å². The van der Waals surface area contributed by atoms with Gasteiger partial charge in [0.05, 0.1) is 5.02 Å². The molecule has 2 heterocycles. The summed E-state index contributed by atoms with van der Waals surface area (Å²) >= 11 is 5.88. The molecule has 21 heavy (non-hydrogen) atoms. The highest BCUT2D eigenvalue weighted by atomic mass is 35.5. The zero-order valence-corrected chi connectivity index (χ0v) is 12.6. The first kappa shape index (κ1) is 14.6. The van der Waals surface area contributed by atoms with Crippen molar-refractivity contribution in [3.63, 3.8) is 0 Å².